The summed E-state index contributed by atoms with van der Waals surface area (Å²) in [6.45, 7) is 4.40. The maximum Gasteiger partial charge on any atom is 0.266 e. The summed E-state index contributed by atoms with van der Waals surface area (Å²) in [5.41, 5.74) is 2.48. The number of carbonyl (C=O) groups is 1. The number of benzene rings is 2. The van der Waals surface area contributed by atoms with E-state index >= 15 is 0 Å². The Morgan fingerprint density at radius 2 is 2.00 bits per heavy atom. The molecule has 0 spiro atoms. The largest absolute Gasteiger partial charge is 0.494 e. The molecule has 0 saturated carbocycles. The number of ether oxygens (including phenoxy) is 1. The maximum atomic E-state index is 12.3. The van der Waals surface area contributed by atoms with E-state index in [-0.39, 0.29) is 5.57 Å². The second-order valence-corrected chi connectivity index (χ2v) is 6.06. The van der Waals surface area contributed by atoms with Gasteiger partial charge in [0.15, 0.2) is 0 Å². The van der Waals surface area contributed by atoms with Crippen LogP contribution in [-0.4, -0.2) is 12.5 Å². The lowest BCUT2D eigenvalue weighted by Gasteiger charge is -2.07. The first-order chi connectivity index (χ1) is 11.5. The van der Waals surface area contributed by atoms with Gasteiger partial charge in [-0.05, 0) is 55.8 Å². The molecule has 0 heterocycles. The van der Waals surface area contributed by atoms with Crippen LogP contribution in [-0.2, 0) is 4.79 Å². The van der Waals surface area contributed by atoms with Crippen molar-refractivity contribution >= 4 is 33.6 Å². The first kappa shape index (κ1) is 17.8. The van der Waals surface area contributed by atoms with Gasteiger partial charge in [-0.15, -0.1) is 0 Å². The third kappa shape index (κ3) is 4.97. The topological polar surface area (TPSA) is 62.1 Å². The SMILES string of the molecule is CCOc1cc(Br)cc(/C=C(\C#N)C(=O)Nc2ccc(C)cc2)c1. The monoisotopic (exact) mass is 384 g/mol. The summed E-state index contributed by atoms with van der Waals surface area (Å²) >= 11 is 3.40. The number of nitrogens with one attached hydrogen (secondary N) is 1. The van der Waals surface area contributed by atoms with Crippen LogP contribution in [0.5, 0.6) is 5.75 Å². The second kappa shape index (κ2) is 8.32. The molecule has 0 unspecified atom stereocenters. The number of hydrogen-bond acceptors (Lipinski definition) is 3. The fourth-order valence-corrected chi connectivity index (χ4v) is 2.56. The van der Waals surface area contributed by atoms with Crippen molar-refractivity contribution in [2.24, 2.45) is 0 Å². The van der Waals surface area contributed by atoms with Crippen molar-refractivity contribution in [3.05, 3.63) is 63.6 Å². The molecule has 0 saturated heterocycles. The van der Waals surface area contributed by atoms with Gasteiger partial charge in [-0.1, -0.05) is 33.6 Å². The van der Waals surface area contributed by atoms with E-state index in [0.29, 0.717) is 23.6 Å². The van der Waals surface area contributed by atoms with Gasteiger partial charge in [0.25, 0.3) is 5.91 Å². The molecule has 24 heavy (non-hydrogen) atoms. The maximum absolute atomic E-state index is 12.3. The van der Waals surface area contributed by atoms with Crippen LogP contribution < -0.4 is 10.1 Å². The zero-order chi connectivity index (χ0) is 17.5. The molecule has 1 amide bonds. The molecule has 0 aliphatic rings. The summed E-state index contributed by atoms with van der Waals surface area (Å²) in [6, 6.07) is 14.8. The Hall–Kier alpha value is -2.58. The van der Waals surface area contributed by atoms with Gasteiger partial charge < -0.3 is 10.1 Å². The summed E-state index contributed by atoms with van der Waals surface area (Å²) < 4.78 is 6.28. The Morgan fingerprint density at radius 1 is 1.29 bits per heavy atom. The third-order valence-corrected chi connectivity index (χ3v) is 3.65. The minimum Gasteiger partial charge on any atom is -0.494 e. The van der Waals surface area contributed by atoms with Gasteiger partial charge in [0.1, 0.15) is 17.4 Å². The molecule has 4 nitrogen and oxygen atoms in total. The van der Waals surface area contributed by atoms with E-state index in [2.05, 4.69) is 21.2 Å². The molecule has 122 valence electrons. The van der Waals surface area contributed by atoms with Crippen molar-refractivity contribution in [2.45, 2.75) is 13.8 Å². The number of nitrogens with zero attached hydrogens (tertiary/aromatic N) is 1. The number of carbonyl (C=O) groups excluding carboxylic acids is 1. The Balaban J connectivity index is 2.23. The average molecular weight is 385 g/mol. The Labute approximate surface area is 149 Å². The molecule has 0 aliphatic heterocycles. The molecule has 5 heteroatoms. The van der Waals surface area contributed by atoms with Gasteiger partial charge in [-0.3, -0.25) is 4.79 Å². The minimum atomic E-state index is -0.445. The molecular weight excluding hydrogens is 368 g/mol. The van der Waals surface area contributed by atoms with Gasteiger partial charge in [-0.25, -0.2) is 0 Å². The van der Waals surface area contributed by atoms with Gasteiger partial charge in [0.05, 0.1) is 6.61 Å². The summed E-state index contributed by atoms with van der Waals surface area (Å²) in [5.74, 6) is 0.230. The van der Waals surface area contributed by atoms with Gasteiger partial charge >= 0.3 is 0 Å². The van der Waals surface area contributed by atoms with Crippen LogP contribution in [0.3, 0.4) is 0 Å². The lowest BCUT2D eigenvalue weighted by molar-refractivity contribution is -0.112. The number of amides is 1. The van der Waals surface area contributed by atoms with Crippen LogP contribution in [0.25, 0.3) is 6.08 Å². The van der Waals surface area contributed by atoms with Crippen LogP contribution in [0.1, 0.15) is 18.1 Å². The number of nitriles is 1. The molecule has 0 fully saturated rings. The summed E-state index contributed by atoms with van der Waals surface area (Å²) in [5, 5.41) is 12.0. The van der Waals surface area contributed by atoms with Crippen LogP contribution in [0.2, 0.25) is 0 Å². The van der Waals surface area contributed by atoms with E-state index in [0.717, 1.165) is 10.0 Å². The molecule has 0 bridgehead atoms. The molecule has 2 rings (SSSR count). The highest BCUT2D eigenvalue weighted by atomic mass is 79.9. The summed E-state index contributed by atoms with van der Waals surface area (Å²) in [4.78, 5) is 12.3. The van der Waals surface area contributed by atoms with Crippen LogP contribution >= 0.6 is 15.9 Å². The van der Waals surface area contributed by atoms with Crippen molar-refractivity contribution in [1.29, 1.82) is 5.26 Å². The van der Waals surface area contributed by atoms with Crippen molar-refractivity contribution in [3.8, 4) is 11.8 Å². The summed E-state index contributed by atoms with van der Waals surface area (Å²) in [7, 11) is 0. The number of rotatable bonds is 5. The van der Waals surface area contributed by atoms with Crippen LogP contribution in [0.15, 0.2) is 52.5 Å². The average Bonchev–Trinajstić information content (AvgIpc) is 2.54. The summed E-state index contributed by atoms with van der Waals surface area (Å²) in [6.07, 6.45) is 1.54. The van der Waals surface area contributed by atoms with E-state index in [1.165, 1.54) is 6.08 Å². The van der Waals surface area contributed by atoms with Crippen molar-refractivity contribution in [1.82, 2.24) is 0 Å². The molecule has 0 aliphatic carbocycles. The van der Waals surface area contributed by atoms with E-state index in [4.69, 9.17) is 4.74 Å². The molecule has 0 aromatic heterocycles. The predicted molar refractivity (Wildman–Crippen MR) is 98.7 cm³/mol. The van der Waals surface area contributed by atoms with E-state index in [9.17, 15) is 10.1 Å². The number of halogens is 1. The molecule has 2 aromatic carbocycles. The highest BCUT2D eigenvalue weighted by molar-refractivity contribution is 9.10. The van der Waals surface area contributed by atoms with Crippen molar-refractivity contribution in [2.75, 3.05) is 11.9 Å². The van der Waals surface area contributed by atoms with Gasteiger partial charge in [0.2, 0.25) is 0 Å². The van der Waals surface area contributed by atoms with Gasteiger partial charge in [-0.2, -0.15) is 5.26 Å². The van der Waals surface area contributed by atoms with Crippen LogP contribution in [0, 0.1) is 18.3 Å². The Morgan fingerprint density at radius 3 is 2.62 bits per heavy atom. The molecular formula is C19H17BrN2O2. The van der Waals surface area contributed by atoms with E-state index < -0.39 is 5.91 Å². The quantitative estimate of drug-likeness (QED) is 0.599. The molecule has 0 radical (unpaired) electrons. The number of anilines is 1. The van der Waals surface area contributed by atoms with E-state index in [1.807, 2.05) is 44.2 Å². The predicted octanol–water partition coefficient (Wildman–Crippen LogP) is 4.70. The normalized spacial score (nSPS) is 10.8. The zero-order valence-electron chi connectivity index (χ0n) is 13.5. The smallest absolute Gasteiger partial charge is 0.266 e. The number of hydrogen-bond donors (Lipinski definition) is 1. The molecule has 0 atom stereocenters. The standard InChI is InChI=1S/C19H17BrN2O2/c1-3-24-18-10-14(9-16(20)11-18)8-15(12-21)19(23)22-17-6-4-13(2)5-7-17/h4-11H,3H2,1-2H3,(H,22,23)/b15-8+. The molecule has 2 aromatic rings. The fraction of sp³-hybridized carbons (Fsp3) is 0.158. The number of aryl methyl sites for hydroxylation is 1. The fourth-order valence-electron chi connectivity index (χ4n) is 2.07. The highest BCUT2D eigenvalue weighted by Crippen LogP contribution is 2.23. The lowest BCUT2D eigenvalue weighted by Crippen LogP contribution is -2.13. The third-order valence-electron chi connectivity index (χ3n) is 3.19. The highest BCUT2D eigenvalue weighted by Gasteiger charge is 2.10. The van der Waals surface area contributed by atoms with Crippen molar-refractivity contribution < 1.29 is 9.53 Å². The first-order valence-corrected chi connectivity index (χ1v) is 8.24. The van der Waals surface area contributed by atoms with Gasteiger partial charge in [0, 0.05) is 10.2 Å². The molecule has 1 N–H and O–H groups in total. The Kier molecular flexibility index (Phi) is 6.16. The van der Waals surface area contributed by atoms with Crippen LogP contribution in [0.4, 0.5) is 5.69 Å². The minimum absolute atomic E-state index is 0.0242. The Bertz CT molecular complexity index is 805. The van der Waals surface area contributed by atoms with Crippen molar-refractivity contribution in [3.63, 3.8) is 0 Å². The first-order valence-electron chi connectivity index (χ1n) is 7.45. The zero-order valence-corrected chi connectivity index (χ0v) is 15.1. The lowest BCUT2D eigenvalue weighted by atomic mass is 10.1. The van der Waals surface area contributed by atoms with E-state index in [1.54, 1.807) is 18.2 Å². The second-order valence-electron chi connectivity index (χ2n) is 5.14.